The molecule has 0 atom stereocenters. The summed E-state index contributed by atoms with van der Waals surface area (Å²) in [5, 5.41) is 8.67. The molecule has 0 saturated carbocycles. The number of rotatable bonds is 9. The highest BCUT2D eigenvalue weighted by molar-refractivity contribution is 4.68. The molecule has 1 nitrogen and oxygen atoms in total. The first kappa shape index (κ1) is 14.0. The Hall–Kier alpha value is -0.0400. The lowest BCUT2D eigenvalue weighted by Gasteiger charge is -2.24. The molecule has 0 amide bonds. The molecule has 1 heteroatoms. The summed E-state index contributed by atoms with van der Waals surface area (Å²) in [6.45, 7) is 7.37. The van der Waals surface area contributed by atoms with Crippen LogP contribution >= 0.6 is 0 Å². The molecule has 0 bridgehead atoms. The van der Waals surface area contributed by atoms with Gasteiger partial charge in [0, 0.05) is 6.61 Å². The van der Waals surface area contributed by atoms with E-state index in [1.807, 2.05) is 0 Å². The van der Waals surface area contributed by atoms with Gasteiger partial charge in [0.15, 0.2) is 0 Å². The number of hydrogen-bond acceptors (Lipinski definition) is 1. The summed E-state index contributed by atoms with van der Waals surface area (Å²) in [7, 11) is 0. The van der Waals surface area contributed by atoms with Gasteiger partial charge in [-0.15, -0.1) is 0 Å². The van der Waals surface area contributed by atoms with E-state index in [-0.39, 0.29) is 0 Å². The molecule has 0 aromatic heterocycles. The number of hydrogen-bond donors (Lipinski definition) is 1. The van der Waals surface area contributed by atoms with Crippen LogP contribution in [0, 0.1) is 5.41 Å². The van der Waals surface area contributed by atoms with Crippen LogP contribution in [0.1, 0.15) is 72.1 Å². The van der Waals surface area contributed by atoms with Crippen LogP contribution < -0.4 is 0 Å². The van der Waals surface area contributed by atoms with Crippen LogP contribution in [0.25, 0.3) is 0 Å². The Kier molecular flexibility index (Phi) is 8.26. The van der Waals surface area contributed by atoms with Crippen LogP contribution in [-0.2, 0) is 0 Å². The number of unbranched alkanes of at least 4 members (excludes halogenated alkanes) is 4. The van der Waals surface area contributed by atoms with E-state index in [1.165, 1.54) is 44.9 Å². The molecule has 0 aromatic carbocycles. The first-order valence-corrected chi connectivity index (χ1v) is 6.23. The molecule has 0 aliphatic heterocycles. The molecular weight excluding hydrogens is 172 g/mol. The normalized spacial score (nSPS) is 12.0. The van der Waals surface area contributed by atoms with Crippen molar-refractivity contribution in [3.05, 3.63) is 0 Å². The van der Waals surface area contributed by atoms with Gasteiger partial charge in [-0.3, -0.25) is 0 Å². The Balaban J connectivity index is 3.40. The number of aliphatic hydroxyl groups is 1. The van der Waals surface area contributed by atoms with Gasteiger partial charge in [0.25, 0.3) is 0 Å². The van der Waals surface area contributed by atoms with Crippen molar-refractivity contribution < 1.29 is 5.11 Å². The van der Waals surface area contributed by atoms with Crippen LogP contribution in [0.2, 0.25) is 0 Å². The van der Waals surface area contributed by atoms with Crippen molar-refractivity contribution in [2.45, 2.75) is 72.1 Å². The lowest BCUT2D eigenvalue weighted by Crippen LogP contribution is -2.11. The van der Waals surface area contributed by atoms with Gasteiger partial charge in [-0.25, -0.2) is 0 Å². The third-order valence-electron chi connectivity index (χ3n) is 2.97. The van der Waals surface area contributed by atoms with Crippen molar-refractivity contribution in [3.8, 4) is 0 Å². The van der Waals surface area contributed by atoms with Crippen LogP contribution in [0.4, 0.5) is 0 Å². The van der Waals surface area contributed by atoms with Gasteiger partial charge in [0.2, 0.25) is 0 Å². The summed E-state index contributed by atoms with van der Waals surface area (Å²) in [5.74, 6) is 0. The second-order valence-corrected chi connectivity index (χ2v) is 5.16. The highest BCUT2D eigenvalue weighted by atomic mass is 16.2. The van der Waals surface area contributed by atoms with Gasteiger partial charge in [0.1, 0.15) is 0 Å². The van der Waals surface area contributed by atoms with Crippen molar-refractivity contribution in [3.63, 3.8) is 0 Å². The molecule has 0 fully saturated rings. The summed E-state index contributed by atoms with van der Waals surface area (Å²) in [6, 6.07) is 0. The number of aliphatic hydroxyl groups excluding tert-OH is 1. The monoisotopic (exact) mass is 200 g/mol. The van der Waals surface area contributed by atoms with E-state index in [9.17, 15) is 0 Å². The zero-order chi connectivity index (χ0) is 10.9. The Morgan fingerprint density at radius 1 is 0.857 bits per heavy atom. The topological polar surface area (TPSA) is 20.2 Å². The fraction of sp³-hybridized carbons (Fsp3) is 1.00. The van der Waals surface area contributed by atoms with E-state index in [0.29, 0.717) is 12.0 Å². The maximum Gasteiger partial charge on any atom is 0.0431 e. The summed E-state index contributed by atoms with van der Waals surface area (Å²) >= 11 is 0. The van der Waals surface area contributed by atoms with Crippen LogP contribution in [0.3, 0.4) is 0 Å². The second-order valence-electron chi connectivity index (χ2n) is 5.16. The first-order valence-electron chi connectivity index (χ1n) is 6.23. The SMILES string of the molecule is CCCCCC(C)(C)CCCCCO. The van der Waals surface area contributed by atoms with Crippen molar-refractivity contribution >= 4 is 0 Å². The van der Waals surface area contributed by atoms with E-state index in [0.717, 1.165) is 6.42 Å². The Labute approximate surface area is 89.9 Å². The highest BCUT2D eigenvalue weighted by Gasteiger charge is 2.16. The van der Waals surface area contributed by atoms with Crippen molar-refractivity contribution in [2.75, 3.05) is 6.61 Å². The predicted octanol–water partition coefficient (Wildman–Crippen LogP) is 4.15. The van der Waals surface area contributed by atoms with Gasteiger partial charge in [-0.05, 0) is 24.7 Å². The molecule has 86 valence electrons. The van der Waals surface area contributed by atoms with Gasteiger partial charge >= 0.3 is 0 Å². The summed E-state index contributed by atoms with van der Waals surface area (Å²) < 4.78 is 0. The highest BCUT2D eigenvalue weighted by Crippen LogP contribution is 2.29. The molecular formula is C13H28O. The predicted molar refractivity (Wildman–Crippen MR) is 63.5 cm³/mol. The summed E-state index contributed by atoms with van der Waals surface area (Å²) in [6.07, 6.45) is 10.2. The summed E-state index contributed by atoms with van der Waals surface area (Å²) in [5.41, 5.74) is 0.518. The zero-order valence-corrected chi connectivity index (χ0v) is 10.3. The van der Waals surface area contributed by atoms with E-state index >= 15 is 0 Å². The van der Waals surface area contributed by atoms with Gasteiger partial charge in [-0.1, -0.05) is 52.9 Å². The quantitative estimate of drug-likeness (QED) is 0.554. The molecule has 0 spiro atoms. The van der Waals surface area contributed by atoms with Crippen molar-refractivity contribution in [2.24, 2.45) is 5.41 Å². The van der Waals surface area contributed by atoms with E-state index in [4.69, 9.17) is 5.11 Å². The lowest BCUT2D eigenvalue weighted by atomic mass is 9.82. The molecule has 0 aromatic rings. The fourth-order valence-electron chi connectivity index (χ4n) is 1.87. The lowest BCUT2D eigenvalue weighted by molar-refractivity contribution is 0.260. The Bertz CT molecular complexity index is 118. The van der Waals surface area contributed by atoms with Crippen molar-refractivity contribution in [1.29, 1.82) is 0 Å². The molecule has 0 heterocycles. The molecule has 0 rings (SSSR count). The molecule has 14 heavy (non-hydrogen) atoms. The maximum atomic E-state index is 8.67. The van der Waals surface area contributed by atoms with Gasteiger partial charge in [0.05, 0.1) is 0 Å². The van der Waals surface area contributed by atoms with E-state index in [1.54, 1.807) is 0 Å². The van der Waals surface area contributed by atoms with Gasteiger partial charge in [-0.2, -0.15) is 0 Å². The minimum Gasteiger partial charge on any atom is -0.396 e. The standard InChI is InChI=1S/C13H28O/c1-4-5-7-10-13(2,3)11-8-6-9-12-14/h14H,4-12H2,1-3H3. The second kappa shape index (κ2) is 8.28. The Morgan fingerprint density at radius 2 is 1.43 bits per heavy atom. The molecule has 1 N–H and O–H groups in total. The molecule has 0 unspecified atom stereocenters. The molecule has 0 aliphatic rings. The average Bonchev–Trinajstić information content (AvgIpc) is 2.13. The molecule has 0 radical (unpaired) electrons. The Morgan fingerprint density at radius 3 is 1.93 bits per heavy atom. The summed E-state index contributed by atoms with van der Waals surface area (Å²) in [4.78, 5) is 0. The smallest absolute Gasteiger partial charge is 0.0431 e. The molecule has 0 aliphatic carbocycles. The minimum atomic E-state index is 0.357. The third kappa shape index (κ3) is 8.55. The zero-order valence-electron chi connectivity index (χ0n) is 10.3. The van der Waals surface area contributed by atoms with Crippen LogP contribution in [-0.4, -0.2) is 11.7 Å². The van der Waals surface area contributed by atoms with Crippen LogP contribution in [0.15, 0.2) is 0 Å². The van der Waals surface area contributed by atoms with E-state index < -0.39 is 0 Å². The first-order chi connectivity index (χ1) is 6.62. The minimum absolute atomic E-state index is 0.357. The largest absolute Gasteiger partial charge is 0.396 e. The van der Waals surface area contributed by atoms with E-state index in [2.05, 4.69) is 20.8 Å². The fourth-order valence-corrected chi connectivity index (χ4v) is 1.87. The maximum absolute atomic E-state index is 8.67. The third-order valence-corrected chi connectivity index (χ3v) is 2.97. The van der Waals surface area contributed by atoms with Crippen molar-refractivity contribution in [1.82, 2.24) is 0 Å². The average molecular weight is 200 g/mol. The van der Waals surface area contributed by atoms with Gasteiger partial charge < -0.3 is 5.11 Å². The molecule has 0 saturated heterocycles. The van der Waals surface area contributed by atoms with Crippen LogP contribution in [0.5, 0.6) is 0 Å².